The predicted octanol–water partition coefficient (Wildman–Crippen LogP) is 1.83. The Labute approximate surface area is 150 Å². The van der Waals surface area contributed by atoms with Crippen molar-refractivity contribution in [3.05, 3.63) is 47.8 Å². The van der Waals surface area contributed by atoms with Gasteiger partial charge in [-0.15, -0.1) is 0 Å². The first-order valence-electron chi connectivity index (χ1n) is 8.11. The van der Waals surface area contributed by atoms with E-state index in [-0.39, 0.29) is 18.4 Å². The van der Waals surface area contributed by atoms with E-state index in [0.717, 1.165) is 0 Å². The highest BCUT2D eigenvalue weighted by Gasteiger charge is 2.16. The van der Waals surface area contributed by atoms with Gasteiger partial charge < -0.3 is 24.8 Å². The van der Waals surface area contributed by atoms with E-state index in [9.17, 15) is 9.59 Å². The highest BCUT2D eigenvalue weighted by Crippen LogP contribution is 2.34. The van der Waals surface area contributed by atoms with Gasteiger partial charge in [0.25, 0.3) is 11.8 Å². The molecule has 8 nitrogen and oxygen atoms in total. The van der Waals surface area contributed by atoms with Crippen molar-refractivity contribution in [1.29, 1.82) is 0 Å². The molecule has 1 aromatic heterocycles. The summed E-state index contributed by atoms with van der Waals surface area (Å²) in [7, 11) is 1.61. The van der Waals surface area contributed by atoms with E-state index in [1.165, 1.54) is 12.3 Å². The zero-order valence-corrected chi connectivity index (χ0v) is 14.3. The third kappa shape index (κ3) is 4.28. The van der Waals surface area contributed by atoms with Crippen molar-refractivity contribution < 1.29 is 23.8 Å². The number of nitrogens with one attached hydrogen (secondary N) is 2. The number of nitrogens with zero attached hydrogens (tertiary/aromatic N) is 1. The molecule has 0 spiro atoms. The normalized spacial score (nSPS) is 11.9. The van der Waals surface area contributed by atoms with Gasteiger partial charge >= 0.3 is 0 Å². The number of anilines is 1. The third-order valence-electron chi connectivity index (χ3n) is 3.70. The molecule has 2 N–H and O–H groups in total. The summed E-state index contributed by atoms with van der Waals surface area (Å²) in [5, 5.41) is 5.50. The fourth-order valence-corrected chi connectivity index (χ4v) is 2.39. The fraction of sp³-hybridized carbons (Fsp3) is 0.278. The molecule has 0 saturated carbocycles. The summed E-state index contributed by atoms with van der Waals surface area (Å²) < 4.78 is 15.4. The Hall–Kier alpha value is -3.13. The maximum absolute atomic E-state index is 12.4. The summed E-state index contributed by atoms with van der Waals surface area (Å²) in [5.74, 6) is 0.520. The van der Waals surface area contributed by atoms with Gasteiger partial charge in [-0.2, -0.15) is 0 Å². The number of pyridine rings is 1. The highest BCUT2D eigenvalue weighted by molar-refractivity contribution is 6.04. The summed E-state index contributed by atoms with van der Waals surface area (Å²) >= 11 is 0. The molecule has 1 aromatic carbocycles. The van der Waals surface area contributed by atoms with E-state index in [1.54, 1.807) is 31.4 Å². The highest BCUT2D eigenvalue weighted by atomic mass is 16.7. The molecule has 0 unspecified atom stereocenters. The third-order valence-corrected chi connectivity index (χ3v) is 3.70. The summed E-state index contributed by atoms with van der Waals surface area (Å²) in [6.45, 7) is 1.23. The number of benzene rings is 1. The molecule has 0 atom stereocenters. The molecule has 0 radical (unpaired) electrons. The van der Waals surface area contributed by atoms with E-state index in [0.29, 0.717) is 42.3 Å². The number of hydrogen-bond acceptors (Lipinski definition) is 6. The molecule has 0 aliphatic carbocycles. The zero-order chi connectivity index (χ0) is 18.4. The van der Waals surface area contributed by atoms with Crippen LogP contribution in [0.3, 0.4) is 0 Å². The number of carbonyl (C=O) groups is 2. The van der Waals surface area contributed by atoms with Crippen LogP contribution in [0.1, 0.15) is 27.3 Å². The molecule has 136 valence electrons. The Balaban J connectivity index is 1.63. The summed E-state index contributed by atoms with van der Waals surface area (Å²) in [4.78, 5) is 28.6. The van der Waals surface area contributed by atoms with Gasteiger partial charge in [0.1, 0.15) is 5.69 Å². The van der Waals surface area contributed by atoms with Crippen molar-refractivity contribution in [2.24, 2.45) is 0 Å². The molecule has 1 aliphatic heterocycles. The molecular weight excluding hydrogens is 338 g/mol. The fourth-order valence-electron chi connectivity index (χ4n) is 2.39. The molecule has 0 fully saturated rings. The molecule has 3 rings (SSSR count). The second-order valence-corrected chi connectivity index (χ2v) is 5.55. The number of methoxy groups -OCH3 is 1. The van der Waals surface area contributed by atoms with Crippen LogP contribution in [-0.4, -0.2) is 43.9 Å². The number of ether oxygens (including phenoxy) is 3. The lowest BCUT2D eigenvalue weighted by Crippen LogP contribution is -2.25. The van der Waals surface area contributed by atoms with E-state index >= 15 is 0 Å². The average Bonchev–Trinajstić information content (AvgIpc) is 3.13. The van der Waals surface area contributed by atoms with Gasteiger partial charge in [-0.1, -0.05) is 0 Å². The van der Waals surface area contributed by atoms with Crippen molar-refractivity contribution >= 4 is 17.5 Å². The summed E-state index contributed by atoms with van der Waals surface area (Å²) in [6.07, 6.45) is 2.14. The molecule has 2 heterocycles. The van der Waals surface area contributed by atoms with Crippen LogP contribution in [0.4, 0.5) is 5.69 Å². The van der Waals surface area contributed by atoms with Gasteiger partial charge in [0.2, 0.25) is 6.79 Å². The largest absolute Gasteiger partial charge is 0.454 e. The first-order valence-corrected chi connectivity index (χ1v) is 8.11. The van der Waals surface area contributed by atoms with Crippen molar-refractivity contribution in [3.63, 3.8) is 0 Å². The number of rotatable bonds is 7. The number of hydrogen-bond donors (Lipinski definition) is 2. The van der Waals surface area contributed by atoms with Crippen molar-refractivity contribution in [3.8, 4) is 11.5 Å². The van der Waals surface area contributed by atoms with Crippen molar-refractivity contribution in [1.82, 2.24) is 10.3 Å². The van der Waals surface area contributed by atoms with Crippen LogP contribution in [0, 0.1) is 0 Å². The van der Waals surface area contributed by atoms with Gasteiger partial charge in [0.15, 0.2) is 11.5 Å². The molecule has 2 amide bonds. The van der Waals surface area contributed by atoms with Gasteiger partial charge in [-0.3, -0.25) is 14.6 Å². The van der Waals surface area contributed by atoms with E-state index in [1.807, 2.05) is 0 Å². The van der Waals surface area contributed by atoms with E-state index in [4.69, 9.17) is 14.2 Å². The zero-order valence-electron chi connectivity index (χ0n) is 14.3. The molecule has 26 heavy (non-hydrogen) atoms. The van der Waals surface area contributed by atoms with Crippen LogP contribution in [0.5, 0.6) is 11.5 Å². The minimum Gasteiger partial charge on any atom is -0.454 e. The summed E-state index contributed by atoms with van der Waals surface area (Å²) in [6, 6.07) is 8.11. The average molecular weight is 357 g/mol. The molecule has 0 bridgehead atoms. The van der Waals surface area contributed by atoms with E-state index in [2.05, 4.69) is 15.6 Å². The lowest BCUT2D eigenvalue weighted by atomic mass is 10.2. The molecule has 8 heteroatoms. The standard InChI is InChI=1S/C18H19N3O5/c1-24-8-2-6-20-17(22)12-5-7-19-14(9-12)18(23)21-13-3-4-15-16(10-13)26-11-25-15/h3-5,7,9-10H,2,6,8,11H2,1H3,(H,20,22)(H,21,23). The maximum Gasteiger partial charge on any atom is 0.274 e. The van der Waals surface area contributed by atoms with Crippen molar-refractivity contribution in [2.75, 3.05) is 32.4 Å². The van der Waals surface area contributed by atoms with Crippen molar-refractivity contribution in [2.45, 2.75) is 6.42 Å². The van der Waals surface area contributed by atoms with E-state index < -0.39 is 5.91 Å². The predicted molar refractivity (Wildman–Crippen MR) is 93.6 cm³/mol. The topological polar surface area (TPSA) is 98.8 Å². The smallest absolute Gasteiger partial charge is 0.274 e. The van der Waals surface area contributed by atoms with Gasteiger partial charge in [0.05, 0.1) is 0 Å². The van der Waals surface area contributed by atoms with Gasteiger partial charge in [-0.25, -0.2) is 0 Å². The van der Waals surface area contributed by atoms with Crippen LogP contribution in [0.25, 0.3) is 0 Å². The molecule has 0 saturated heterocycles. The first-order chi connectivity index (χ1) is 12.7. The Kier molecular flexibility index (Phi) is 5.65. The Bertz CT molecular complexity index is 809. The summed E-state index contributed by atoms with van der Waals surface area (Å²) in [5.41, 5.74) is 1.07. The molecule has 2 aromatic rings. The number of carbonyl (C=O) groups excluding carboxylic acids is 2. The lowest BCUT2D eigenvalue weighted by Gasteiger charge is -2.08. The molecular formula is C18H19N3O5. The monoisotopic (exact) mass is 357 g/mol. The minimum absolute atomic E-state index is 0.146. The van der Waals surface area contributed by atoms with Crippen LogP contribution < -0.4 is 20.1 Å². The van der Waals surface area contributed by atoms with Crippen LogP contribution in [-0.2, 0) is 4.74 Å². The number of amides is 2. The second-order valence-electron chi connectivity index (χ2n) is 5.55. The second kappa shape index (κ2) is 8.30. The maximum atomic E-state index is 12.4. The quantitative estimate of drug-likeness (QED) is 0.734. The number of fused-ring (bicyclic) bond motifs is 1. The Morgan fingerprint density at radius 3 is 2.85 bits per heavy atom. The van der Waals surface area contributed by atoms with Gasteiger partial charge in [0, 0.05) is 43.8 Å². The lowest BCUT2D eigenvalue weighted by molar-refractivity contribution is 0.0948. The minimum atomic E-state index is -0.419. The van der Waals surface area contributed by atoms with Gasteiger partial charge in [-0.05, 0) is 30.7 Å². The SMILES string of the molecule is COCCCNC(=O)c1ccnc(C(=O)Nc2ccc3c(c2)OCO3)c1. The Morgan fingerprint density at radius 1 is 1.15 bits per heavy atom. The van der Waals surface area contributed by atoms with Crippen LogP contribution in [0.15, 0.2) is 36.5 Å². The van der Waals surface area contributed by atoms with Crippen LogP contribution in [0.2, 0.25) is 0 Å². The first kappa shape index (κ1) is 17.7. The number of aromatic nitrogens is 1. The Morgan fingerprint density at radius 2 is 2.00 bits per heavy atom. The van der Waals surface area contributed by atoms with Crippen LogP contribution >= 0.6 is 0 Å². The molecule has 1 aliphatic rings.